The molecule has 4 aromatic rings. The Morgan fingerprint density at radius 1 is 1.03 bits per heavy atom. The van der Waals surface area contributed by atoms with E-state index >= 15 is 0 Å². The van der Waals surface area contributed by atoms with Crippen molar-refractivity contribution in [2.45, 2.75) is 13.0 Å². The van der Waals surface area contributed by atoms with Crippen LogP contribution in [-0.2, 0) is 0 Å². The second-order valence-electron chi connectivity index (χ2n) is 7.92. The molecule has 1 saturated heterocycles. The third-order valence-corrected chi connectivity index (χ3v) is 6.77. The molecule has 174 valence electrons. The fourth-order valence-electron chi connectivity index (χ4n) is 3.83. The van der Waals surface area contributed by atoms with Gasteiger partial charge in [-0.25, -0.2) is 0 Å². The number of hydrogen-bond acceptors (Lipinski definition) is 8. The standard InChI is InChI=1S/C24H23N5O4S/c1-16(23-26-21(27-33-23)17-6-3-2-4-7-17)28-11-13-29(14-12-28)24(31)19-9-10-20(34-19)25-22(30)18-8-5-15-32-18/h2-10,15-16H,11-14H2,1H3,(H,25,30). The highest BCUT2D eigenvalue weighted by atomic mass is 32.1. The number of carbonyl (C=O) groups is 2. The molecule has 34 heavy (non-hydrogen) atoms. The Bertz CT molecular complexity index is 1260. The van der Waals surface area contributed by atoms with E-state index in [1.165, 1.54) is 17.6 Å². The van der Waals surface area contributed by atoms with Crippen LogP contribution in [0.15, 0.2) is 69.8 Å². The lowest BCUT2D eigenvalue weighted by atomic mass is 10.2. The molecule has 1 atom stereocenters. The lowest BCUT2D eigenvalue weighted by molar-refractivity contribution is 0.0556. The molecule has 9 nitrogen and oxygen atoms in total. The Labute approximate surface area is 200 Å². The van der Waals surface area contributed by atoms with Crippen LogP contribution in [0.25, 0.3) is 11.4 Å². The summed E-state index contributed by atoms with van der Waals surface area (Å²) in [6.07, 6.45) is 1.44. The van der Waals surface area contributed by atoms with Gasteiger partial charge in [-0.1, -0.05) is 35.5 Å². The van der Waals surface area contributed by atoms with Gasteiger partial charge in [0.1, 0.15) is 0 Å². The number of benzene rings is 1. The average molecular weight is 478 g/mol. The number of furan rings is 1. The van der Waals surface area contributed by atoms with Gasteiger partial charge in [0, 0.05) is 31.7 Å². The maximum atomic E-state index is 13.0. The maximum absolute atomic E-state index is 13.0. The highest BCUT2D eigenvalue weighted by molar-refractivity contribution is 7.18. The topological polar surface area (TPSA) is 105 Å². The van der Waals surface area contributed by atoms with E-state index in [-0.39, 0.29) is 23.6 Å². The van der Waals surface area contributed by atoms with Crippen LogP contribution in [-0.4, -0.2) is 57.9 Å². The SMILES string of the molecule is CC(c1nc(-c2ccccc2)no1)N1CCN(C(=O)c2ccc(NC(=O)c3ccco3)s2)CC1. The Morgan fingerprint density at radius 3 is 2.56 bits per heavy atom. The third kappa shape index (κ3) is 4.63. The Hall–Kier alpha value is -3.76. The van der Waals surface area contributed by atoms with Crippen LogP contribution in [0, 0.1) is 0 Å². The van der Waals surface area contributed by atoms with Crippen molar-refractivity contribution in [1.82, 2.24) is 19.9 Å². The number of thiophene rings is 1. The number of aromatic nitrogens is 2. The first-order chi connectivity index (χ1) is 16.6. The van der Waals surface area contributed by atoms with Crippen molar-refractivity contribution in [3.63, 3.8) is 0 Å². The summed E-state index contributed by atoms with van der Waals surface area (Å²) >= 11 is 1.25. The van der Waals surface area contributed by atoms with Gasteiger partial charge in [-0.3, -0.25) is 14.5 Å². The number of amides is 2. The van der Waals surface area contributed by atoms with Crippen molar-refractivity contribution in [1.29, 1.82) is 0 Å². The predicted octanol–water partition coefficient (Wildman–Crippen LogP) is 4.16. The fraction of sp³-hybridized carbons (Fsp3) is 0.250. The third-order valence-electron chi connectivity index (χ3n) is 5.78. The van der Waals surface area contributed by atoms with Crippen LogP contribution in [0.2, 0.25) is 0 Å². The monoisotopic (exact) mass is 477 g/mol. The normalized spacial score (nSPS) is 15.3. The van der Waals surface area contributed by atoms with Crippen molar-refractivity contribution in [3.05, 3.63) is 77.4 Å². The summed E-state index contributed by atoms with van der Waals surface area (Å²) in [6, 6.07) is 16.4. The van der Waals surface area contributed by atoms with Gasteiger partial charge in [0.2, 0.25) is 11.7 Å². The number of rotatable bonds is 6. The number of hydrogen-bond donors (Lipinski definition) is 1. The molecule has 0 saturated carbocycles. The number of nitrogens with one attached hydrogen (secondary N) is 1. The summed E-state index contributed by atoms with van der Waals surface area (Å²) < 4.78 is 10.6. The molecule has 3 aromatic heterocycles. The number of piperazine rings is 1. The summed E-state index contributed by atoms with van der Waals surface area (Å²) in [4.78, 5) is 34.3. The number of nitrogens with zero attached hydrogens (tertiary/aromatic N) is 4. The molecule has 1 N–H and O–H groups in total. The van der Waals surface area contributed by atoms with Crippen LogP contribution in [0.3, 0.4) is 0 Å². The minimum atomic E-state index is -0.343. The summed E-state index contributed by atoms with van der Waals surface area (Å²) in [5.41, 5.74) is 0.913. The van der Waals surface area contributed by atoms with Crippen molar-refractivity contribution in [2.24, 2.45) is 0 Å². The van der Waals surface area contributed by atoms with E-state index in [0.717, 1.165) is 5.56 Å². The van der Waals surface area contributed by atoms with Gasteiger partial charge in [0.25, 0.3) is 11.8 Å². The lowest BCUT2D eigenvalue weighted by Crippen LogP contribution is -2.49. The second-order valence-corrected chi connectivity index (χ2v) is 9.01. The summed E-state index contributed by atoms with van der Waals surface area (Å²) in [7, 11) is 0. The molecule has 2 amide bonds. The van der Waals surface area contributed by atoms with Gasteiger partial charge in [0.05, 0.1) is 22.2 Å². The summed E-state index contributed by atoms with van der Waals surface area (Å²) in [6.45, 7) is 4.61. The first-order valence-corrected chi connectivity index (χ1v) is 11.8. The van der Waals surface area contributed by atoms with Crippen LogP contribution >= 0.6 is 11.3 Å². The van der Waals surface area contributed by atoms with Crippen molar-refractivity contribution in [3.8, 4) is 11.4 Å². The highest BCUT2D eigenvalue weighted by Crippen LogP contribution is 2.26. The van der Waals surface area contributed by atoms with E-state index in [1.54, 1.807) is 24.3 Å². The van der Waals surface area contributed by atoms with Crippen molar-refractivity contribution in [2.75, 3.05) is 31.5 Å². The van der Waals surface area contributed by atoms with Crippen LogP contribution in [0.1, 0.15) is 39.1 Å². The molecule has 4 heterocycles. The molecule has 1 fully saturated rings. The minimum Gasteiger partial charge on any atom is -0.459 e. The lowest BCUT2D eigenvalue weighted by Gasteiger charge is -2.36. The first-order valence-electron chi connectivity index (χ1n) is 11.0. The quantitative estimate of drug-likeness (QED) is 0.445. The molecule has 1 aliphatic heterocycles. The Balaban J connectivity index is 1.16. The van der Waals surface area contributed by atoms with Crippen LogP contribution in [0.5, 0.6) is 0 Å². The van der Waals surface area contributed by atoms with E-state index in [9.17, 15) is 9.59 Å². The van der Waals surface area contributed by atoms with Crippen LogP contribution < -0.4 is 5.32 Å². The largest absolute Gasteiger partial charge is 0.459 e. The van der Waals surface area contributed by atoms with Gasteiger partial charge in [-0.05, 0) is 31.2 Å². The predicted molar refractivity (Wildman–Crippen MR) is 127 cm³/mol. The minimum absolute atomic E-state index is 0.0417. The van der Waals surface area contributed by atoms with E-state index in [1.807, 2.05) is 42.2 Å². The first kappa shape index (κ1) is 22.1. The molecule has 10 heteroatoms. The summed E-state index contributed by atoms with van der Waals surface area (Å²) in [5.74, 6) is 0.978. The molecule has 1 aliphatic rings. The van der Waals surface area contributed by atoms with Gasteiger partial charge in [0.15, 0.2) is 5.76 Å². The van der Waals surface area contributed by atoms with Crippen LogP contribution in [0.4, 0.5) is 5.00 Å². The molecule has 0 radical (unpaired) electrons. The van der Waals surface area contributed by atoms with Crippen molar-refractivity contribution < 1.29 is 18.5 Å². The zero-order valence-electron chi connectivity index (χ0n) is 18.5. The van der Waals surface area contributed by atoms with Gasteiger partial charge in [-0.15, -0.1) is 11.3 Å². The molecule has 5 rings (SSSR count). The zero-order chi connectivity index (χ0) is 23.5. The molecule has 0 spiro atoms. The number of carbonyl (C=O) groups excluding carboxylic acids is 2. The highest BCUT2D eigenvalue weighted by Gasteiger charge is 2.29. The fourth-order valence-corrected chi connectivity index (χ4v) is 4.70. The maximum Gasteiger partial charge on any atom is 0.291 e. The van der Waals surface area contributed by atoms with E-state index in [2.05, 4.69) is 20.4 Å². The molecular weight excluding hydrogens is 454 g/mol. The van der Waals surface area contributed by atoms with Crippen molar-refractivity contribution >= 4 is 28.2 Å². The van der Waals surface area contributed by atoms with Gasteiger partial charge >= 0.3 is 0 Å². The molecule has 1 aromatic carbocycles. The zero-order valence-corrected chi connectivity index (χ0v) is 19.3. The Kier molecular flexibility index (Phi) is 6.24. The second kappa shape index (κ2) is 9.62. The molecule has 0 aliphatic carbocycles. The summed E-state index contributed by atoms with van der Waals surface area (Å²) in [5, 5.41) is 7.47. The molecule has 0 bridgehead atoms. The van der Waals surface area contributed by atoms with Gasteiger partial charge < -0.3 is 19.2 Å². The molecule has 1 unspecified atom stereocenters. The average Bonchev–Trinajstić information content (AvgIpc) is 3.66. The molecular formula is C24H23N5O4S. The van der Waals surface area contributed by atoms with E-state index < -0.39 is 0 Å². The van der Waals surface area contributed by atoms with Gasteiger partial charge in [-0.2, -0.15) is 4.98 Å². The Morgan fingerprint density at radius 2 is 1.82 bits per heavy atom. The van der Waals surface area contributed by atoms with E-state index in [4.69, 9.17) is 8.94 Å². The number of anilines is 1. The smallest absolute Gasteiger partial charge is 0.291 e. The van der Waals surface area contributed by atoms with E-state index in [0.29, 0.717) is 47.8 Å².